The summed E-state index contributed by atoms with van der Waals surface area (Å²) >= 11 is 0. The standard InChI is InChI=1S/C23H25FN6/c1-6-20-28-30(16(5)29(20)7-2)23-22(24)18-13-25-27-19(21(18)15(4)26-23)12-17-11-9-8-10-14(17)3/h8-11,13H,5-7,12H2,1-4H3. The van der Waals surface area contributed by atoms with Gasteiger partial charge in [0.2, 0.25) is 0 Å². The molecule has 0 saturated carbocycles. The van der Waals surface area contributed by atoms with E-state index in [1.165, 1.54) is 11.2 Å². The van der Waals surface area contributed by atoms with Crippen molar-refractivity contribution < 1.29 is 4.39 Å². The number of rotatable bonds is 5. The predicted molar refractivity (Wildman–Crippen MR) is 118 cm³/mol. The molecule has 1 aromatic carbocycles. The van der Waals surface area contributed by atoms with Gasteiger partial charge in [-0.1, -0.05) is 37.8 Å². The number of hydrogen-bond acceptors (Lipinski definition) is 6. The Morgan fingerprint density at radius 1 is 1.13 bits per heavy atom. The number of hydrogen-bond donors (Lipinski definition) is 0. The number of pyridine rings is 1. The Balaban J connectivity index is 1.83. The van der Waals surface area contributed by atoms with Gasteiger partial charge in [0.05, 0.1) is 11.9 Å². The summed E-state index contributed by atoms with van der Waals surface area (Å²) in [6.45, 7) is 12.8. The van der Waals surface area contributed by atoms with Gasteiger partial charge in [0.15, 0.2) is 11.6 Å². The van der Waals surface area contributed by atoms with E-state index >= 15 is 4.39 Å². The highest BCUT2D eigenvalue weighted by atomic mass is 19.1. The highest BCUT2D eigenvalue weighted by Gasteiger charge is 2.30. The maximum Gasteiger partial charge on any atom is 0.192 e. The Kier molecular flexibility index (Phi) is 5.20. The van der Waals surface area contributed by atoms with Crippen LogP contribution in [0.3, 0.4) is 0 Å². The smallest absolute Gasteiger partial charge is 0.192 e. The summed E-state index contributed by atoms with van der Waals surface area (Å²) in [7, 11) is 0. The van der Waals surface area contributed by atoms with Crippen molar-refractivity contribution in [3.05, 3.63) is 71.2 Å². The number of fused-ring (bicyclic) bond motifs is 1. The minimum Gasteiger partial charge on any atom is -0.314 e. The molecule has 2 aromatic heterocycles. The van der Waals surface area contributed by atoms with Gasteiger partial charge in [0.25, 0.3) is 0 Å². The van der Waals surface area contributed by atoms with Crippen LogP contribution in [0, 0.1) is 19.7 Å². The second kappa shape index (κ2) is 7.82. The van der Waals surface area contributed by atoms with Crippen molar-refractivity contribution in [1.29, 1.82) is 0 Å². The highest BCUT2D eigenvalue weighted by molar-refractivity contribution is 5.91. The van der Waals surface area contributed by atoms with E-state index in [1.807, 2.05) is 37.8 Å². The first-order valence-corrected chi connectivity index (χ1v) is 10.1. The van der Waals surface area contributed by atoms with Crippen molar-refractivity contribution in [1.82, 2.24) is 20.1 Å². The number of benzene rings is 1. The molecule has 4 rings (SSSR count). The Labute approximate surface area is 175 Å². The maximum atomic E-state index is 15.6. The van der Waals surface area contributed by atoms with Gasteiger partial charge in [-0.3, -0.25) is 0 Å². The zero-order chi connectivity index (χ0) is 21.4. The fourth-order valence-electron chi connectivity index (χ4n) is 3.92. The molecule has 3 aromatic rings. The molecule has 0 saturated heterocycles. The Morgan fingerprint density at radius 3 is 2.57 bits per heavy atom. The fraction of sp³-hybridized carbons (Fsp3) is 0.304. The molecule has 0 fully saturated rings. The summed E-state index contributed by atoms with van der Waals surface area (Å²) < 4.78 is 15.6. The van der Waals surface area contributed by atoms with Crippen LogP contribution >= 0.6 is 0 Å². The van der Waals surface area contributed by atoms with Gasteiger partial charge < -0.3 is 4.90 Å². The summed E-state index contributed by atoms with van der Waals surface area (Å²) in [5.41, 5.74) is 3.70. The zero-order valence-corrected chi connectivity index (χ0v) is 17.8. The van der Waals surface area contributed by atoms with Gasteiger partial charge in [-0.05, 0) is 31.9 Å². The molecule has 30 heavy (non-hydrogen) atoms. The van der Waals surface area contributed by atoms with Crippen molar-refractivity contribution in [3.63, 3.8) is 0 Å². The van der Waals surface area contributed by atoms with E-state index in [4.69, 9.17) is 0 Å². The van der Waals surface area contributed by atoms with Crippen molar-refractivity contribution in [3.8, 4) is 0 Å². The molecule has 7 heteroatoms. The minimum absolute atomic E-state index is 0.141. The summed E-state index contributed by atoms with van der Waals surface area (Å²) in [4.78, 5) is 6.55. The molecule has 1 aliphatic heterocycles. The van der Waals surface area contributed by atoms with Crippen molar-refractivity contribution in [2.75, 3.05) is 11.6 Å². The van der Waals surface area contributed by atoms with E-state index in [0.717, 1.165) is 23.4 Å². The number of halogens is 1. The van der Waals surface area contributed by atoms with Gasteiger partial charge in [-0.25, -0.2) is 9.37 Å². The van der Waals surface area contributed by atoms with E-state index in [1.54, 1.807) is 0 Å². The van der Waals surface area contributed by atoms with Gasteiger partial charge in [-0.15, -0.1) is 0 Å². The van der Waals surface area contributed by atoms with Crippen LogP contribution in [0.15, 0.2) is 48.0 Å². The first-order chi connectivity index (χ1) is 14.5. The van der Waals surface area contributed by atoms with Crippen LogP contribution < -0.4 is 5.01 Å². The summed E-state index contributed by atoms with van der Waals surface area (Å²) in [5.74, 6) is 1.12. The lowest BCUT2D eigenvalue weighted by Crippen LogP contribution is -2.28. The second-order valence-electron chi connectivity index (χ2n) is 7.36. The van der Waals surface area contributed by atoms with Gasteiger partial charge in [-0.2, -0.15) is 20.3 Å². The van der Waals surface area contributed by atoms with Crippen molar-refractivity contribution in [2.45, 2.75) is 40.5 Å². The van der Waals surface area contributed by atoms with Crippen LogP contribution in [0.5, 0.6) is 0 Å². The number of aryl methyl sites for hydroxylation is 2. The molecule has 0 amide bonds. The largest absolute Gasteiger partial charge is 0.314 e. The fourth-order valence-corrected chi connectivity index (χ4v) is 3.92. The summed E-state index contributed by atoms with van der Waals surface area (Å²) in [5, 5.41) is 15.5. The van der Waals surface area contributed by atoms with E-state index in [-0.39, 0.29) is 5.82 Å². The molecule has 0 radical (unpaired) electrons. The van der Waals surface area contributed by atoms with E-state index in [9.17, 15) is 0 Å². The monoisotopic (exact) mass is 404 g/mol. The Morgan fingerprint density at radius 2 is 1.90 bits per heavy atom. The van der Waals surface area contributed by atoms with E-state index in [0.29, 0.717) is 40.9 Å². The van der Waals surface area contributed by atoms with Crippen LogP contribution in [0.4, 0.5) is 10.2 Å². The zero-order valence-electron chi connectivity index (χ0n) is 17.8. The predicted octanol–water partition coefficient (Wildman–Crippen LogP) is 4.71. The minimum atomic E-state index is -0.463. The molecule has 0 aliphatic carbocycles. The Hall–Kier alpha value is -3.35. The molecule has 0 spiro atoms. The van der Waals surface area contributed by atoms with Crippen molar-refractivity contribution in [2.24, 2.45) is 5.10 Å². The topological polar surface area (TPSA) is 57.5 Å². The summed E-state index contributed by atoms with van der Waals surface area (Å²) in [6.07, 6.45) is 2.76. The second-order valence-corrected chi connectivity index (χ2v) is 7.36. The maximum absolute atomic E-state index is 15.6. The van der Waals surface area contributed by atoms with Crippen LogP contribution in [-0.4, -0.2) is 32.5 Å². The highest BCUT2D eigenvalue weighted by Crippen LogP contribution is 2.34. The average molecular weight is 404 g/mol. The van der Waals surface area contributed by atoms with Crippen LogP contribution in [0.25, 0.3) is 10.8 Å². The van der Waals surface area contributed by atoms with Crippen LogP contribution in [-0.2, 0) is 6.42 Å². The summed E-state index contributed by atoms with van der Waals surface area (Å²) in [6, 6.07) is 8.10. The lowest BCUT2D eigenvalue weighted by Gasteiger charge is -2.22. The molecule has 1 aliphatic rings. The average Bonchev–Trinajstić information content (AvgIpc) is 3.07. The van der Waals surface area contributed by atoms with Crippen LogP contribution in [0.2, 0.25) is 0 Å². The van der Waals surface area contributed by atoms with Crippen LogP contribution in [0.1, 0.15) is 42.8 Å². The number of amidine groups is 1. The molecular weight excluding hydrogens is 379 g/mol. The number of hydrazone groups is 1. The molecule has 154 valence electrons. The van der Waals surface area contributed by atoms with E-state index in [2.05, 4.69) is 45.9 Å². The first-order valence-electron chi connectivity index (χ1n) is 10.1. The quantitative estimate of drug-likeness (QED) is 0.616. The van der Waals surface area contributed by atoms with Crippen molar-refractivity contribution >= 4 is 22.4 Å². The number of aromatic nitrogens is 3. The van der Waals surface area contributed by atoms with Gasteiger partial charge in [0, 0.05) is 35.9 Å². The first kappa shape index (κ1) is 19.9. The molecule has 3 heterocycles. The molecular formula is C23H25FN6. The third-order valence-corrected chi connectivity index (χ3v) is 5.53. The molecule has 0 atom stereocenters. The Bertz CT molecular complexity index is 1170. The SMILES string of the molecule is C=C1N(CC)C(CC)=NN1c1nc(C)c2c(Cc3ccccc3C)nncc2c1F. The molecule has 0 bridgehead atoms. The third kappa shape index (κ3) is 3.20. The lowest BCUT2D eigenvalue weighted by atomic mass is 10.0. The number of nitrogens with zero attached hydrogens (tertiary/aromatic N) is 6. The molecule has 0 unspecified atom stereocenters. The third-order valence-electron chi connectivity index (χ3n) is 5.53. The normalized spacial score (nSPS) is 14.0. The lowest BCUT2D eigenvalue weighted by molar-refractivity contribution is 0.541. The van der Waals surface area contributed by atoms with Gasteiger partial charge in [0.1, 0.15) is 11.7 Å². The van der Waals surface area contributed by atoms with Gasteiger partial charge >= 0.3 is 0 Å². The molecule has 0 N–H and O–H groups in total. The molecule has 6 nitrogen and oxygen atoms in total. The van der Waals surface area contributed by atoms with E-state index < -0.39 is 5.82 Å². The number of anilines is 1.